The van der Waals surface area contributed by atoms with Gasteiger partial charge in [-0.3, -0.25) is 0 Å². The van der Waals surface area contributed by atoms with Gasteiger partial charge in [0.15, 0.2) is 0 Å². The lowest BCUT2D eigenvalue weighted by atomic mass is 10.3. The molecule has 0 radical (unpaired) electrons. The van der Waals surface area contributed by atoms with Gasteiger partial charge in [0.2, 0.25) is 0 Å². The molecule has 4 nitrogen and oxygen atoms in total. The summed E-state index contributed by atoms with van der Waals surface area (Å²) in [5.41, 5.74) is 1.01. The molecule has 0 bridgehead atoms. The van der Waals surface area contributed by atoms with Gasteiger partial charge < -0.3 is 14.6 Å². The summed E-state index contributed by atoms with van der Waals surface area (Å²) in [6, 6.07) is 5.91. The largest absolute Gasteiger partial charge is 0.497 e. The Morgan fingerprint density at radius 3 is 2.94 bits per heavy atom. The number of nitrogens with zero attached hydrogens (tertiary/aromatic N) is 2. The van der Waals surface area contributed by atoms with Crippen LogP contribution in [-0.4, -0.2) is 16.7 Å². The number of hydrogen-bond donors (Lipinski definition) is 1. The van der Waals surface area contributed by atoms with Gasteiger partial charge in [0.1, 0.15) is 11.6 Å². The average molecular weight is 310 g/mol. The Balaban J connectivity index is 2.08. The fourth-order valence-corrected chi connectivity index (χ4v) is 2.23. The molecule has 0 aliphatic carbocycles. The van der Waals surface area contributed by atoms with Crippen LogP contribution in [0.2, 0.25) is 0 Å². The normalized spacial score (nSPS) is 10.4. The number of imidazole rings is 1. The van der Waals surface area contributed by atoms with E-state index in [1.165, 1.54) is 0 Å². The van der Waals surface area contributed by atoms with Gasteiger partial charge in [0.25, 0.3) is 0 Å². The van der Waals surface area contributed by atoms with Crippen LogP contribution in [0.5, 0.6) is 5.75 Å². The summed E-state index contributed by atoms with van der Waals surface area (Å²) in [6.45, 7) is 3.73. The average Bonchev–Trinajstić information content (AvgIpc) is 2.83. The zero-order valence-electron chi connectivity index (χ0n) is 10.5. The lowest BCUT2D eigenvalue weighted by Crippen LogP contribution is -2.07. The van der Waals surface area contributed by atoms with Crippen molar-refractivity contribution in [1.29, 1.82) is 0 Å². The maximum atomic E-state index is 5.23. The molecule has 0 saturated carbocycles. The lowest BCUT2D eigenvalue weighted by Gasteiger charge is -2.10. The summed E-state index contributed by atoms with van der Waals surface area (Å²) in [4.78, 5) is 4.32. The standard InChI is InChI=1S/C13H16BrN3O/c1-3-17-5-4-15-13(17)9-16-11-6-10(14)7-12(8-11)18-2/h4-8,16H,3,9H2,1-2H3. The van der Waals surface area contributed by atoms with Crippen LogP contribution in [0.4, 0.5) is 5.69 Å². The molecule has 2 aromatic rings. The molecule has 18 heavy (non-hydrogen) atoms. The van der Waals surface area contributed by atoms with Crippen LogP contribution in [0.15, 0.2) is 35.1 Å². The third kappa shape index (κ3) is 3.04. The molecule has 1 heterocycles. The Kier molecular flexibility index (Phi) is 4.25. The first-order valence-electron chi connectivity index (χ1n) is 5.81. The van der Waals surface area contributed by atoms with Crippen LogP contribution in [0, 0.1) is 0 Å². The van der Waals surface area contributed by atoms with Crippen molar-refractivity contribution in [3.8, 4) is 5.75 Å². The lowest BCUT2D eigenvalue weighted by molar-refractivity contribution is 0.414. The molecule has 1 aromatic carbocycles. The first-order chi connectivity index (χ1) is 8.72. The molecule has 1 N–H and O–H groups in total. The van der Waals surface area contributed by atoms with E-state index in [9.17, 15) is 0 Å². The molecule has 0 fully saturated rings. The Hall–Kier alpha value is -1.49. The molecular weight excluding hydrogens is 294 g/mol. The highest BCUT2D eigenvalue weighted by Crippen LogP contribution is 2.24. The fraction of sp³-hybridized carbons (Fsp3) is 0.308. The highest BCUT2D eigenvalue weighted by Gasteiger charge is 2.03. The predicted octanol–water partition coefficient (Wildman–Crippen LogP) is 3.29. The van der Waals surface area contributed by atoms with Crippen LogP contribution in [0.3, 0.4) is 0 Å². The van der Waals surface area contributed by atoms with Crippen molar-refractivity contribution in [3.63, 3.8) is 0 Å². The Bertz CT molecular complexity index is 525. The van der Waals surface area contributed by atoms with Crippen molar-refractivity contribution in [1.82, 2.24) is 9.55 Å². The zero-order chi connectivity index (χ0) is 13.0. The van der Waals surface area contributed by atoms with Gasteiger partial charge >= 0.3 is 0 Å². The Morgan fingerprint density at radius 2 is 2.22 bits per heavy atom. The molecule has 0 saturated heterocycles. The van der Waals surface area contributed by atoms with E-state index in [0.29, 0.717) is 6.54 Å². The van der Waals surface area contributed by atoms with Crippen molar-refractivity contribution in [2.45, 2.75) is 20.0 Å². The monoisotopic (exact) mass is 309 g/mol. The number of nitrogens with one attached hydrogen (secondary N) is 1. The molecule has 0 amide bonds. The van der Waals surface area contributed by atoms with Crippen LogP contribution in [0.25, 0.3) is 0 Å². The van der Waals surface area contributed by atoms with E-state index in [4.69, 9.17) is 4.74 Å². The molecule has 0 aliphatic heterocycles. The molecule has 5 heteroatoms. The summed E-state index contributed by atoms with van der Waals surface area (Å²) in [5.74, 6) is 1.85. The number of hydrogen-bond acceptors (Lipinski definition) is 3. The van der Waals surface area contributed by atoms with E-state index in [-0.39, 0.29) is 0 Å². The SMILES string of the molecule is CCn1ccnc1CNc1cc(Br)cc(OC)c1. The number of methoxy groups -OCH3 is 1. The second kappa shape index (κ2) is 5.91. The highest BCUT2D eigenvalue weighted by atomic mass is 79.9. The minimum absolute atomic E-state index is 0.695. The topological polar surface area (TPSA) is 39.1 Å². The summed E-state index contributed by atoms with van der Waals surface area (Å²) in [7, 11) is 1.66. The Morgan fingerprint density at radius 1 is 1.39 bits per heavy atom. The molecule has 2 rings (SSSR count). The minimum atomic E-state index is 0.695. The summed E-state index contributed by atoms with van der Waals surface area (Å²) in [6.07, 6.45) is 3.81. The maximum Gasteiger partial charge on any atom is 0.128 e. The van der Waals surface area contributed by atoms with Gasteiger partial charge in [-0.25, -0.2) is 4.98 Å². The van der Waals surface area contributed by atoms with Crippen molar-refractivity contribution in [3.05, 3.63) is 40.9 Å². The molecule has 0 aliphatic rings. The maximum absolute atomic E-state index is 5.23. The first kappa shape index (κ1) is 13.0. The molecular formula is C13H16BrN3O. The van der Waals surface area contributed by atoms with Crippen LogP contribution >= 0.6 is 15.9 Å². The third-order valence-electron chi connectivity index (χ3n) is 2.70. The second-order valence-electron chi connectivity index (χ2n) is 3.86. The molecule has 0 unspecified atom stereocenters. The van der Waals surface area contributed by atoms with E-state index in [2.05, 4.69) is 37.7 Å². The Labute approximate surface area is 115 Å². The predicted molar refractivity (Wildman–Crippen MR) is 75.9 cm³/mol. The number of aryl methyl sites for hydroxylation is 1. The fourth-order valence-electron chi connectivity index (χ4n) is 1.76. The number of benzene rings is 1. The molecule has 1 aromatic heterocycles. The quantitative estimate of drug-likeness (QED) is 0.921. The third-order valence-corrected chi connectivity index (χ3v) is 3.16. The van der Waals surface area contributed by atoms with Gasteiger partial charge in [-0.05, 0) is 19.1 Å². The second-order valence-corrected chi connectivity index (χ2v) is 4.78. The number of halogens is 1. The number of anilines is 1. The van der Waals surface area contributed by atoms with Crippen molar-refractivity contribution >= 4 is 21.6 Å². The van der Waals surface area contributed by atoms with Crippen LogP contribution in [0.1, 0.15) is 12.7 Å². The van der Waals surface area contributed by atoms with Crippen LogP contribution < -0.4 is 10.1 Å². The van der Waals surface area contributed by atoms with E-state index in [1.807, 2.05) is 30.6 Å². The summed E-state index contributed by atoms with van der Waals surface area (Å²) < 4.78 is 8.33. The van der Waals surface area contributed by atoms with Gasteiger partial charge in [0, 0.05) is 35.2 Å². The van der Waals surface area contributed by atoms with E-state index in [1.54, 1.807) is 7.11 Å². The van der Waals surface area contributed by atoms with Crippen molar-refractivity contribution < 1.29 is 4.74 Å². The van der Waals surface area contributed by atoms with E-state index < -0.39 is 0 Å². The van der Waals surface area contributed by atoms with Crippen LogP contribution in [-0.2, 0) is 13.1 Å². The van der Waals surface area contributed by atoms with Crippen molar-refractivity contribution in [2.24, 2.45) is 0 Å². The molecule has 96 valence electrons. The van der Waals surface area contributed by atoms with Gasteiger partial charge in [-0.15, -0.1) is 0 Å². The number of rotatable bonds is 5. The van der Waals surface area contributed by atoms with E-state index in [0.717, 1.165) is 28.3 Å². The van der Waals surface area contributed by atoms with Gasteiger partial charge in [0.05, 0.1) is 13.7 Å². The minimum Gasteiger partial charge on any atom is -0.497 e. The van der Waals surface area contributed by atoms with Gasteiger partial charge in [-0.2, -0.15) is 0 Å². The molecule has 0 spiro atoms. The highest BCUT2D eigenvalue weighted by molar-refractivity contribution is 9.10. The summed E-state index contributed by atoms with van der Waals surface area (Å²) >= 11 is 3.46. The zero-order valence-corrected chi connectivity index (χ0v) is 12.1. The smallest absolute Gasteiger partial charge is 0.128 e. The number of aromatic nitrogens is 2. The van der Waals surface area contributed by atoms with Crippen molar-refractivity contribution in [2.75, 3.05) is 12.4 Å². The summed E-state index contributed by atoms with van der Waals surface area (Å²) in [5, 5.41) is 3.34. The first-order valence-corrected chi connectivity index (χ1v) is 6.60. The van der Waals surface area contributed by atoms with Gasteiger partial charge in [-0.1, -0.05) is 15.9 Å². The number of ether oxygens (including phenoxy) is 1. The van der Waals surface area contributed by atoms with E-state index >= 15 is 0 Å². The molecule has 0 atom stereocenters.